The fraction of sp³-hybridized carbons (Fsp3) is 0.300. The van der Waals surface area contributed by atoms with E-state index in [1.165, 1.54) is 19.2 Å². The van der Waals surface area contributed by atoms with Crippen LogP contribution in [-0.4, -0.2) is 26.1 Å². The number of anilines is 1. The molecule has 88 valence electrons. The molecule has 1 rings (SSSR count). The van der Waals surface area contributed by atoms with Crippen LogP contribution in [-0.2, 0) is 0 Å². The zero-order valence-corrected chi connectivity index (χ0v) is 9.97. The van der Waals surface area contributed by atoms with Gasteiger partial charge in [-0.25, -0.2) is 0 Å². The van der Waals surface area contributed by atoms with E-state index < -0.39 is 12.7 Å². The van der Waals surface area contributed by atoms with Crippen molar-refractivity contribution in [1.82, 2.24) is 0 Å². The number of carbonyl (C=O) groups is 1. The van der Waals surface area contributed by atoms with Crippen molar-refractivity contribution in [2.45, 2.75) is 6.18 Å². The molecule has 1 aromatic carbocycles. The van der Waals surface area contributed by atoms with Crippen molar-refractivity contribution in [3.63, 3.8) is 0 Å². The zero-order chi connectivity index (χ0) is 12.3. The van der Waals surface area contributed by atoms with Gasteiger partial charge >= 0.3 is 6.18 Å². The molecule has 0 aliphatic carbocycles. The van der Waals surface area contributed by atoms with Crippen LogP contribution in [0.2, 0.25) is 0 Å². The van der Waals surface area contributed by atoms with Crippen molar-refractivity contribution < 1.29 is 18.0 Å². The summed E-state index contributed by atoms with van der Waals surface area (Å²) in [6, 6.07) is 4.55. The number of aldehydes is 1. The van der Waals surface area contributed by atoms with Gasteiger partial charge in [-0.2, -0.15) is 13.2 Å². The fourth-order valence-electron chi connectivity index (χ4n) is 1.32. The van der Waals surface area contributed by atoms with E-state index >= 15 is 0 Å². The Morgan fingerprint density at radius 2 is 2.06 bits per heavy atom. The van der Waals surface area contributed by atoms with Crippen LogP contribution in [0.1, 0.15) is 10.4 Å². The quantitative estimate of drug-likeness (QED) is 0.798. The van der Waals surface area contributed by atoms with Crippen molar-refractivity contribution >= 4 is 27.9 Å². The third-order valence-corrected chi connectivity index (χ3v) is 2.44. The van der Waals surface area contributed by atoms with E-state index in [0.29, 0.717) is 10.8 Å². The highest BCUT2D eigenvalue weighted by molar-refractivity contribution is 9.10. The molecule has 6 heteroatoms. The number of hydrogen-bond acceptors (Lipinski definition) is 2. The summed E-state index contributed by atoms with van der Waals surface area (Å²) in [5, 5.41) is 0. The second-order valence-electron chi connectivity index (χ2n) is 3.29. The molecule has 0 aliphatic rings. The number of rotatable bonds is 3. The van der Waals surface area contributed by atoms with Gasteiger partial charge in [-0.1, -0.05) is 15.9 Å². The zero-order valence-electron chi connectivity index (χ0n) is 8.38. The van der Waals surface area contributed by atoms with E-state index in [0.717, 1.165) is 4.90 Å². The maximum absolute atomic E-state index is 12.2. The lowest BCUT2D eigenvalue weighted by molar-refractivity contribution is -0.119. The van der Waals surface area contributed by atoms with Gasteiger partial charge in [0.2, 0.25) is 0 Å². The molecule has 0 aromatic heterocycles. The normalized spacial score (nSPS) is 11.3. The average Bonchev–Trinajstić information content (AvgIpc) is 2.14. The van der Waals surface area contributed by atoms with Gasteiger partial charge in [-0.15, -0.1) is 0 Å². The molecule has 0 aliphatic heterocycles. The van der Waals surface area contributed by atoms with E-state index in [1.807, 2.05) is 0 Å². The van der Waals surface area contributed by atoms with Gasteiger partial charge in [0.15, 0.2) is 6.29 Å². The Hall–Kier alpha value is -1.04. The van der Waals surface area contributed by atoms with Crippen molar-refractivity contribution in [3.8, 4) is 0 Å². The number of carbonyl (C=O) groups excluding carboxylic acids is 1. The number of nitrogens with zero attached hydrogens (tertiary/aromatic N) is 1. The summed E-state index contributed by atoms with van der Waals surface area (Å²) in [6.07, 6.45) is -3.76. The molecule has 0 radical (unpaired) electrons. The lowest BCUT2D eigenvalue weighted by Gasteiger charge is -2.22. The largest absolute Gasteiger partial charge is 0.405 e. The Bertz CT molecular complexity index is 392. The van der Waals surface area contributed by atoms with E-state index in [2.05, 4.69) is 15.9 Å². The van der Waals surface area contributed by atoms with Gasteiger partial charge in [0.25, 0.3) is 0 Å². The SMILES string of the molecule is CN(CC(F)(F)F)c1ccc(Br)cc1C=O. The van der Waals surface area contributed by atoms with Crippen LogP contribution in [0, 0.1) is 0 Å². The van der Waals surface area contributed by atoms with Crippen LogP contribution in [0.4, 0.5) is 18.9 Å². The van der Waals surface area contributed by atoms with Crippen molar-refractivity contribution in [2.75, 3.05) is 18.5 Å². The number of benzene rings is 1. The third kappa shape index (κ3) is 3.52. The molecule has 0 N–H and O–H groups in total. The lowest BCUT2D eigenvalue weighted by Crippen LogP contribution is -2.31. The summed E-state index contributed by atoms with van der Waals surface area (Å²) in [5.41, 5.74) is 0.483. The number of hydrogen-bond donors (Lipinski definition) is 0. The van der Waals surface area contributed by atoms with Gasteiger partial charge in [0.1, 0.15) is 6.54 Å². The van der Waals surface area contributed by atoms with E-state index in [1.54, 1.807) is 6.07 Å². The topological polar surface area (TPSA) is 20.3 Å². The fourth-order valence-corrected chi connectivity index (χ4v) is 1.70. The highest BCUT2D eigenvalue weighted by Crippen LogP contribution is 2.25. The van der Waals surface area contributed by atoms with E-state index in [-0.39, 0.29) is 11.3 Å². The first-order valence-corrected chi connectivity index (χ1v) is 5.15. The van der Waals surface area contributed by atoms with E-state index in [9.17, 15) is 18.0 Å². The van der Waals surface area contributed by atoms with Gasteiger partial charge in [0, 0.05) is 22.8 Å². The predicted octanol–water partition coefficient (Wildman–Crippen LogP) is 3.26. The van der Waals surface area contributed by atoms with Crippen molar-refractivity contribution in [1.29, 1.82) is 0 Å². The molecule has 2 nitrogen and oxygen atoms in total. The standard InChI is InChI=1S/C10H9BrF3NO/c1-15(6-10(12,13)14)9-3-2-8(11)4-7(9)5-16/h2-5H,6H2,1H3. The summed E-state index contributed by atoms with van der Waals surface area (Å²) >= 11 is 3.15. The van der Waals surface area contributed by atoms with Crippen LogP contribution in [0.15, 0.2) is 22.7 Å². The highest BCUT2D eigenvalue weighted by atomic mass is 79.9. The summed E-state index contributed by atoms with van der Waals surface area (Å²) in [6.45, 7) is -1.09. The molecular formula is C10H9BrF3NO. The summed E-state index contributed by atoms with van der Waals surface area (Å²) < 4.78 is 37.2. The summed E-state index contributed by atoms with van der Waals surface area (Å²) in [5.74, 6) is 0. The van der Waals surface area contributed by atoms with Crippen molar-refractivity contribution in [3.05, 3.63) is 28.2 Å². The summed E-state index contributed by atoms with van der Waals surface area (Å²) in [4.78, 5) is 11.7. The van der Waals surface area contributed by atoms with Crippen LogP contribution in [0.25, 0.3) is 0 Å². The minimum Gasteiger partial charge on any atom is -0.365 e. The molecule has 0 fully saturated rings. The molecule has 0 saturated carbocycles. The Morgan fingerprint density at radius 3 is 2.56 bits per heavy atom. The van der Waals surface area contributed by atoms with Crippen molar-refractivity contribution in [2.24, 2.45) is 0 Å². The molecular weight excluding hydrogens is 287 g/mol. The average molecular weight is 296 g/mol. The molecule has 0 amide bonds. The molecule has 0 unspecified atom stereocenters. The van der Waals surface area contributed by atoms with Gasteiger partial charge in [-0.3, -0.25) is 4.79 Å². The Labute approximate surface area is 99.2 Å². The first-order valence-electron chi connectivity index (χ1n) is 4.36. The number of alkyl halides is 3. The molecule has 0 saturated heterocycles. The number of halogens is 4. The summed E-state index contributed by atoms with van der Waals surface area (Å²) in [7, 11) is 1.30. The molecule has 16 heavy (non-hydrogen) atoms. The highest BCUT2D eigenvalue weighted by Gasteiger charge is 2.29. The van der Waals surface area contributed by atoms with Gasteiger partial charge < -0.3 is 4.90 Å². The van der Waals surface area contributed by atoms with Crippen LogP contribution < -0.4 is 4.90 Å². The van der Waals surface area contributed by atoms with Gasteiger partial charge in [-0.05, 0) is 18.2 Å². The third-order valence-electron chi connectivity index (χ3n) is 1.94. The Morgan fingerprint density at radius 1 is 1.44 bits per heavy atom. The minimum atomic E-state index is -4.29. The predicted molar refractivity (Wildman–Crippen MR) is 58.9 cm³/mol. The van der Waals surface area contributed by atoms with Crippen LogP contribution >= 0.6 is 15.9 Å². The van der Waals surface area contributed by atoms with Crippen LogP contribution in [0.3, 0.4) is 0 Å². The van der Waals surface area contributed by atoms with Gasteiger partial charge in [0.05, 0.1) is 0 Å². The van der Waals surface area contributed by atoms with E-state index in [4.69, 9.17) is 0 Å². The van der Waals surface area contributed by atoms with Crippen LogP contribution in [0.5, 0.6) is 0 Å². The lowest BCUT2D eigenvalue weighted by atomic mass is 10.2. The maximum Gasteiger partial charge on any atom is 0.405 e. The molecule has 1 aromatic rings. The smallest absolute Gasteiger partial charge is 0.365 e. The first-order chi connectivity index (χ1) is 7.33. The molecule has 0 bridgehead atoms. The first kappa shape index (κ1) is 13.0. The second-order valence-corrected chi connectivity index (χ2v) is 4.21. The second kappa shape index (κ2) is 4.86. The molecule has 0 atom stereocenters. The monoisotopic (exact) mass is 295 g/mol. The minimum absolute atomic E-state index is 0.223. The maximum atomic E-state index is 12.2. The Kier molecular flexibility index (Phi) is 3.96. The Balaban J connectivity index is 2.99. The molecule has 0 spiro atoms. The molecule has 0 heterocycles.